The number of hydrogen-bond acceptors (Lipinski definition) is 4. The number of benzene rings is 2. The van der Waals surface area contributed by atoms with E-state index in [4.69, 9.17) is 23.2 Å². The minimum atomic E-state index is -3.66. The highest BCUT2D eigenvalue weighted by atomic mass is 35.5. The predicted octanol–water partition coefficient (Wildman–Crippen LogP) is 2.98. The van der Waals surface area contributed by atoms with Gasteiger partial charge in [0.2, 0.25) is 20.0 Å². The molecular weight excluding hydrogens is 419 g/mol. The number of rotatable bonds is 8. The van der Waals surface area contributed by atoms with Crippen LogP contribution in [0.2, 0.25) is 10.0 Å². The number of halogens is 2. The second-order valence-corrected chi connectivity index (χ2v) is 10.2. The Kier molecular flexibility index (Phi) is 7.06. The van der Waals surface area contributed by atoms with Crippen molar-refractivity contribution in [3.63, 3.8) is 0 Å². The van der Waals surface area contributed by atoms with Gasteiger partial charge in [0, 0.05) is 30.2 Å². The summed E-state index contributed by atoms with van der Waals surface area (Å²) >= 11 is 11.5. The van der Waals surface area contributed by atoms with Gasteiger partial charge in [-0.2, -0.15) is 0 Å². The van der Waals surface area contributed by atoms with Crippen molar-refractivity contribution in [2.45, 2.75) is 16.2 Å². The molecule has 1 N–H and O–H groups in total. The summed E-state index contributed by atoms with van der Waals surface area (Å²) in [4.78, 5) is 0.232. The second kappa shape index (κ2) is 8.69. The van der Waals surface area contributed by atoms with Gasteiger partial charge in [0.25, 0.3) is 0 Å². The predicted molar refractivity (Wildman–Crippen MR) is 103 cm³/mol. The Morgan fingerprint density at radius 1 is 0.846 bits per heavy atom. The minimum absolute atomic E-state index is 0.101. The van der Waals surface area contributed by atoms with Gasteiger partial charge < -0.3 is 0 Å². The summed E-state index contributed by atoms with van der Waals surface area (Å²) < 4.78 is 52.7. The molecule has 142 valence electrons. The van der Waals surface area contributed by atoms with Gasteiger partial charge in [0.05, 0.1) is 9.79 Å². The highest BCUT2D eigenvalue weighted by Crippen LogP contribution is 2.18. The molecule has 0 atom stereocenters. The van der Waals surface area contributed by atoms with E-state index in [1.165, 1.54) is 59.9 Å². The van der Waals surface area contributed by atoms with Crippen LogP contribution in [0.15, 0.2) is 58.3 Å². The SMILES string of the molecule is CN(CCCNS(=O)(=O)c1ccc(Cl)cc1)S(=O)(=O)c1ccc(Cl)cc1. The Hall–Kier alpha value is -1.16. The number of nitrogens with zero attached hydrogens (tertiary/aromatic N) is 1. The third-order valence-electron chi connectivity index (χ3n) is 3.59. The fourth-order valence-electron chi connectivity index (χ4n) is 2.11. The molecule has 0 radical (unpaired) electrons. The standard InChI is InChI=1S/C16H18Cl2N2O4S2/c1-20(26(23,24)16-9-5-14(18)6-10-16)12-2-11-19-25(21,22)15-7-3-13(17)4-8-15/h3-10,19H,2,11-12H2,1H3. The Balaban J connectivity index is 1.90. The van der Waals surface area contributed by atoms with Crippen molar-refractivity contribution in [3.8, 4) is 0 Å². The summed E-state index contributed by atoms with van der Waals surface area (Å²) in [5, 5.41) is 0.890. The van der Waals surface area contributed by atoms with Crippen LogP contribution in [0.1, 0.15) is 6.42 Å². The summed E-state index contributed by atoms with van der Waals surface area (Å²) in [6, 6.07) is 11.6. The quantitative estimate of drug-likeness (QED) is 0.644. The maximum absolute atomic E-state index is 12.4. The maximum atomic E-state index is 12.4. The first-order valence-corrected chi connectivity index (χ1v) is 11.3. The van der Waals surface area contributed by atoms with Crippen LogP contribution >= 0.6 is 23.2 Å². The van der Waals surface area contributed by atoms with Crippen LogP contribution in [-0.2, 0) is 20.0 Å². The zero-order valence-corrected chi connectivity index (χ0v) is 17.0. The van der Waals surface area contributed by atoms with Crippen molar-refractivity contribution in [2.75, 3.05) is 20.1 Å². The van der Waals surface area contributed by atoms with Crippen LogP contribution in [0.5, 0.6) is 0 Å². The van der Waals surface area contributed by atoms with Crippen molar-refractivity contribution in [2.24, 2.45) is 0 Å². The van der Waals surface area contributed by atoms with Gasteiger partial charge >= 0.3 is 0 Å². The van der Waals surface area contributed by atoms with Crippen molar-refractivity contribution in [1.29, 1.82) is 0 Å². The molecule has 0 fully saturated rings. The van der Waals surface area contributed by atoms with Crippen molar-refractivity contribution < 1.29 is 16.8 Å². The molecule has 26 heavy (non-hydrogen) atoms. The van der Waals surface area contributed by atoms with Crippen molar-refractivity contribution >= 4 is 43.2 Å². The number of nitrogens with one attached hydrogen (secondary N) is 1. The first-order valence-electron chi connectivity index (χ1n) is 7.60. The van der Waals surface area contributed by atoms with E-state index in [1.54, 1.807) is 0 Å². The smallest absolute Gasteiger partial charge is 0.211 e. The number of hydrogen-bond donors (Lipinski definition) is 1. The molecule has 0 aliphatic carbocycles. The fraction of sp³-hybridized carbons (Fsp3) is 0.250. The minimum Gasteiger partial charge on any atom is -0.211 e. The van der Waals surface area contributed by atoms with E-state index in [0.717, 1.165) is 0 Å². The molecule has 0 aliphatic heterocycles. The first kappa shape index (κ1) is 21.1. The lowest BCUT2D eigenvalue weighted by molar-refractivity contribution is 0.460. The monoisotopic (exact) mass is 436 g/mol. The first-order chi connectivity index (χ1) is 12.1. The van der Waals surface area contributed by atoms with Gasteiger partial charge in [-0.25, -0.2) is 25.9 Å². The van der Waals surface area contributed by atoms with Crippen LogP contribution in [0.4, 0.5) is 0 Å². The lowest BCUT2D eigenvalue weighted by atomic mass is 10.4. The molecule has 2 aromatic carbocycles. The average molecular weight is 437 g/mol. The molecule has 0 amide bonds. The summed E-state index contributed by atoms with van der Waals surface area (Å²) in [5.74, 6) is 0. The molecule has 0 saturated carbocycles. The molecule has 0 spiro atoms. The molecule has 0 heterocycles. The van der Waals surface area contributed by atoms with Gasteiger partial charge in [-0.1, -0.05) is 23.2 Å². The van der Waals surface area contributed by atoms with Crippen molar-refractivity contribution in [1.82, 2.24) is 9.03 Å². The Morgan fingerprint density at radius 3 is 1.81 bits per heavy atom. The zero-order valence-electron chi connectivity index (χ0n) is 13.9. The van der Waals surface area contributed by atoms with Gasteiger partial charge in [-0.05, 0) is 55.0 Å². The van der Waals surface area contributed by atoms with E-state index in [1.807, 2.05) is 0 Å². The van der Waals surface area contributed by atoms with E-state index in [9.17, 15) is 16.8 Å². The zero-order chi connectivity index (χ0) is 19.4. The maximum Gasteiger partial charge on any atom is 0.242 e. The van der Waals surface area contributed by atoms with Crippen LogP contribution in [-0.4, -0.2) is 41.3 Å². The van der Waals surface area contributed by atoms with Crippen LogP contribution in [0, 0.1) is 0 Å². The molecule has 0 aromatic heterocycles. The molecular formula is C16H18Cl2N2O4S2. The van der Waals surface area contributed by atoms with E-state index >= 15 is 0 Å². The van der Waals surface area contributed by atoms with Crippen LogP contribution in [0.3, 0.4) is 0 Å². The Morgan fingerprint density at radius 2 is 1.31 bits per heavy atom. The number of sulfonamides is 2. The highest BCUT2D eigenvalue weighted by molar-refractivity contribution is 7.89. The Labute approximate surface area is 163 Å². The fourth-order valence-corrected chi connectivity index (χ4v) is 4.65. The van der Waals surface area contributed by atoms with Gasteiger partial charge in [0.15, 0.2) is 0 Å². The third kappa shape index (κ3) is 5.42. The summed E-state index contributed by atoms with van der Waals surface area (Å²) in [6.45, 7) is 0.263. The van der Waals surface area contributed by atoms with E-state index < -0.39 is 20.0 Å². The summed E-state index contributed by atoms with van der Waals surface area (Å²) in [7, 11) is -5.86. The highest BCUT2D eigenvalue weighted by Gasteiger charge is 2.20. The Bertz CT molecular complexity index is 945. The van der Waals surface area contributed by atoms with E-state index in [-0.39, 0.29) is 22.9 Å². The normalized spacial score (nSPS) is 12.5. The third-order valence-corrected chi connectivity index (χ3v) is 7.44. The van der Waals surface area contributed by atoms with Crippen LogP contribution < -0.4 is 4.72 Å². The largest absolute Gasteiger partial charge is 0.242 e. The topological polar surface area (TPSA) is 83.6 Å². The van der Waals surface area contributed by atoms with Gasteiger partial charge in [-0.15, -0.1) is 0 Å². The second-order valence-electron chi connectivity index (χ2n) is 5.49. The molecule has 0 bridgehead atoms. The lowest BCUT2D eigenvalue weighted by Gasteiger charge is -2.17. The van der Waals surface area contributed by atoms with E-state index in [0.29, 0.717) is 16.5 Å². The molecule has 6 nitrogen and oxygen atoms in total. The lowest BCUT2D eigenvalue weighted by Crippen LogP contribution is -2.31. The molecule has 0 unspecified atom stereocenters. The van der Waals surface area contributed by atoms with Gasteiger partial charge in [-0.3, -0.25) is 0 Å². The van der Waals surface area contributed by atoms with Crippen LogP contribution in [0.25, 0.3) is 0 Å². The van der Waals surface area contributed by atoms with Gasteiger partial charge in [0.1, 0.15) is 0 Å². The molecule has 0 saturated heterocycles. The molecule has 2 rings (SSSR count). The average Bonchev–Trinajstić information content (AvgIpc) is 2.59. The van der Waals surface area contributed by atoms with Crippen molar-refractivity contribution in [3.05, 3.63) is 58.6 Å². The summed E-state index contributed by atoms with van der Waals surface area (Å²) in [6.07, 6.45) is 0.316. The molecule has 0 aliphatic rings. The summed E-state index contributed by atoms with van der Waals surface area (Å²) in [5.41, 5.74) is 0. The molecule has 10 heteroatoms. The van der Waals surface area contributed by atoms with E-state index in [2.05, 4.69) is 4.72 Å². The molecule has 2 aromatic rings.